The van der Waals surface area contributed by atoms with Crippen molar-refractivity contribution in [1.29, 1.82) is 0 Å². The molecular weight excluding hydrogens is 293 g/mol. The molecule has 0 unspecified atom stereocenters. The molecule has 5 heteroatoms. The Morgan fingerprint density at radius 2 is 1.96 bits per heavy atom. The number of halogens is 1. The second-order valence-electron chi connectivity index (χ2n) is 5.85. The van der Waals surface area contributed by atoms with Crippen molar-refractivity contribution in [2.45, 2.75) is 25.7 Å². The van der Waals surface area contributed by atoms with Crippen LogP contribution in [0.5, 0.6) is 0 Å². The zero-order valence-corrected chi connectivity index (χ0v) is 12.9. The minimum atomic E-state index is -0.220. The Bertz CT molecular complexity index is 651. The van der Waals surface area contributed by atoms with E-state index in [1.165, 1.54) is 12.1 Å². The summed E-state index contributed by atoms with van der Waals surface area (Å²) >= 11 is 0. The Morgan fingerprint density at radius 3 is 2.57 bits per heavy atom. The average Bonchev–Trinajstić information content (AvgIpc) is 2.49. The van der Waals surface area contributed by atoms with Crippen LogP contribution in [0.3, 0.4) is 0 Å². The summed E-state index contributed by atoms with van der Waals surface area (Å²) in [6.07, 6.45) is 5.58. The fraction of sp³-hybridized carbons (Fsp3) is 0.333. The summed E-state index contributed by atoms with van der Waals surface area (Å²) in [4.78, 5) is 16.1. The Labute approximate surface area is 135 Å². The van der Waals surface area contributed by atoms with Crippen LogP contribution in [0.15, 0.2) is 42.6 Å². The molecule has 120 valence electrons. The van der Waals surface area contributed by atoms with Gasteiger partial charge in [0.15, 0.2) is 0 Å². The first-order valence-corrected chi connectivity index (χ1v) is 7.96. The summed E-state index contributed by atoms with van der Waals surface area (Å²) in [5, 5.41) is 6.11. The summed E-state index contributed by atoms with van der Waals surface area (Å²) in [5.41, 5.74) is 1.80. The number of amides is 1. The molecule has 2 aromatic rings. The molecule has 2 N–H and O–H groups in total. The molecule has 1 fully saturated rings. The number of carbonyl (C=O) groups excluding carboxylic acids is 1. The summed E-state index contributed by atoms with van der Waals surface area (Å²) in [6.45, 7) is 0.715. The van der Waals surface area contributed by atoms with Crippen molar-refractivity contribution in [3.05, 3.63) is 54.0 Å². The van der Waals surface area contributed by atoms with E-state index < -0.39 is 0 Å². The lowest BCUT2D eigenvalue weighted by Crippen LogP contribution is -2.28. The fourth-order valence-electron chi connectivity index (χ4n) is 2.47. The van der Waals surface area contributed by atoms with Gasteiger partial charge >= 0.3 is 0 Å². The zero-order valence-electron chi connectivity index (χ0n) is 12.9. The lowest BCUT2D eigenvalue weighted by atomic mass is 9.85. The number of carbonyl (C=O) groups is 1. The second kappa shape index (κ2) is 7.22. The molecule has 0 bridgehead atoms. The molecule has 3 rings (SSSR count). The van der Waals surface area contributed by atoms with Crippen LogP contribution in [-0.2, 0) is 11.2 Å². The highest BCUT2D eigenvalue weighted by Crippen LogP contribution is 2.27. The Hall–Kier alpha value is -2.43. The lowest BCUT2D eigenvalue weighted by Gasteiger charge is -2.23. The normalized spacial score (nSPS) is 14.1. The standard InChI is InChI=1S/C18H20FN3O/c19-15-6-4-13(5-7-15)10-11-20-17-9-8-16(12-21-17)22-18(23)14-2-1-3-14/h4-9,12,14H,1-3,10-11H2,(H,20,21)(H,22,23). The third-order valence-electron chi connectivity index (χ3n) is 4.14. The molecule has 0 radical (unpaired) electrons. The van der Waals surface area contributed by atoms with Gasteiger partial charge < -0.3 is 10.6 Å². The minimum Gasteiger partial charge on any atom is -0.370 e. The second-order valence-corrected chi connectivity index (χ2v) is 5.85. The van der Waals surface area contributed by atoms with Gasteiger partial charge in [-0.05, 0) is 49.1 Å². The summed E-state index contributed by atoms with van der Waals surface area (Å²) < 4.78 is 12.8. The maximum Gasteiger partial charge on any atom is 0.227 e. The van der Waals surface area contributed by atoms with Crippen molar-refractivity contribution in [3.63, 3.8) is 0 Å². The largest absolute Gasteiger partial charge is 0.370 e. The third kappa shape index (κ3) is 4.28. The van der Waals surface area contributed by atoms with Gasteiger partial charge in [-0.3, -0.25) is 4.79 Å². The van der Waals surface area contributed by atoms with E-state index in [0.29, 0.717) is 6.54 Å². The molecule has 4 nitrogen and oxygen atoms in total. The van der Waals surface area contributed by atoms with Crippen LogP contribution in [0, 0.1) is 11.7 Å². The number of hydrogen-bond acceptors (Lipinski definition) is 3. The van der Waals surface area contributed by atoms with Crippen LogP contribution >= 0.6 is 0 Å². The summed E-state index contributed by atoms with van der Waals surface area (Å²) in [7, 11) is 0. The molecule has 0 atom stereocenters. The minimum absolute atomic E-state index is 0.0927. The smallest absolute Gasteiger partial charge is 0.227 e. The highest BCUT2D eigenvalue weighted by atomic mass is 19.1. The Balaban J connectivity index is 1.45. The monoisotopic (exact) mass is 313 g/mol. The third-order valence-corrected chi connectivity index (χ3v) is 4.14. The van der Waals surface area contributed by atoms with Crippen LogP contribution in [0.4, 0.5) is 15.9 Å². The maximum atomic E-state index is 12.8. The van der Waals surface area contributed by atoms with Crippen LogP contribution in [0.1, 0.15) is 24.8 Å². The first-order chi connectivity index (χ1) is 11.2. The number of benzene rings is 1. The Kier molecular flexibility index (Phi) is 4.86. The van der Waals surface area contributed by atoms with Gasteiger partial charge in [0.1, 0.15) is 11.6 Å². The quantitative estimate of drug-likeness (QED) is 0.856. The molecule has 0 aliphatic heterocycles. The van der Waals surface area contributed by atoms with Crippen LogP contribution in [-0.4, -0.2) is 17.4 Å². The van der Waals surface area contributed by atoms with Gasteiger partial charge in [0.25, 0.3) is 0 Å². The van der Waals surface area contributed by atoms with E-state index in [-0.39, 0.29) is 17.6 Å². The van der Waals surface area contributed by atoms with Gasteiger partial charge in [-0.1, -0.05) is 18.6 Å². The topological polar surface area (TPSA) is 54.0 Å². The number of pyridine rings is 1. The molecule has 23 heavy (non-hydrogen) atoms. The molecule has 0 saturated heterocycles. The summed E-state index contributed by atoms with van der Waals surface area (Å²) in [5.74, 6) is 0.801. The fourth-order valence-corrected chi connectivity index (χ4v) is 2.47. The van der Waals surface area contributed by atoms with Gasteiger partial charge in [0.05, 0.1) is 11.9 Å². The summed E-state index contributed by atoms with van der Waals surface area (Å²) in [6, 6.07) is 10.2. The van der Waals surface area contributed by atoms with Crippen LogP contribution < -0.4 is 10.6 Å². The van der Waals surface area contributed by atoms with Gasteiger partial charge in [-0.25, -0.2) is 9.37 Å². The highest BCUT2D eigenvalue weighted by molar-refractivity contribution is 5.92. The van der Waals surface area contributed by atoms with Gasteiger partial charge in [0, 0.05) is 12.5 Å². The average molecular weight is 313 g/mol. The first-order valence-electron chi connectivity index (χ1n) is 7.96. The van der Waals surface area contributed by atoms with Crippen molar-refractivity contribution in [2.24, 2.45) is 5.92 Å². The zero-order chi connectivity index (χ0) is 16.1. The predicted octanol–water partition coefficient (Wildman–Crippen LogP) is 3.61. The maximum absolute atomic E-state index is 12.8. The van der Waals surface area contributed by atoms with E-state index in [2.05, 4.69) is 15.6 Å². The van der Waals surface area contributed by atoms with Crippen molar-refractivity contribution >= 4 is 17.4 Å². The molecular formula is C18H20FN3O. The number of hydrogen-bond donors (Lipinski definition) is 2. The first kappa shape index (κ1) is 15.5. The van der Waals surface area contributed by atoms with E-state index in [1.54, 1.807) is 18.3 Å². The van der Waals surface area contributed by atoms with Crippen molar-refractivity contribution in [1.82, 2.24) is 4.98 Å². The van der Waals surface area contributed by atoms with E-state index in [4.69, 9.17) is 0 Å². The predicted molar refractivity (Wildman–Crippen MR) is 88.8 cm³/mol. The molecule has 0 spiro atoms. The van der Waals surface area contributed by atoms with E-state index in [9.17, 15) is 9.18 Å². The molecule has 1 aromatic carbocycles. The van der Waals surface area contributed by atoms with E-state index >= 15 is 0 Å². The highest BCUT2D eigenvalue weighted by Gasteiger charge is 2.25. The number of anilines is 2. The number of nitrogens with one attached hydrogen (secondary N) is 2. The molecule has 1 aliphatic carbocycles. The van der Waals surface area contributed by atoms with Crippen molar-refractivity contribution in [3.8, 4) is 0 Å². The van der Waals surface area contributed by atoms with Gasteiger partial charge in [-0.15, -0.1) is 0 Å². The lowest BCUT2D eigenvalue weighted by molar-refractivity contribution is -0.122. The molecule has 1 saturated carbocycles. The molecule has 1 aromatic heterocycles. The van der Waals surface area contributed by atoms with Crippen molar-refractivity contribution in [2.75, 3.05) is 17.2 Å². The Morgan fingerprint density at radius 1 is 1.17 bits per heavy atom. The molecule has 1 aliphatic rings. The number of aromatic nitrogens is 1. The molecule has 1 amide bonds. The van der Waals surface area contributed by atoms with Crippen LogP contribution in [0.25, 0.3) is 0 Å². The SMILES string of the molecule is O=C(Nc1ccc(NCCc2ccc(F)cc2)nc1)C1CCC1. The number of rotatable bonds is 6. The molecule has 1 heterocycles. The van der Waals surface area contributed by atoms with Crippen molar-refractivity contribution < 1.29 is 9.18 Å². The number of nitrogens with zero attached hydrogens (tertiary/aromatic N) is 1. The van der Waals surface area contributed by atoms with Crippen LogP contribution in [0.2, 0.25) is 0 Å². The van der Waals surface area contributed by atoms with Gasteiger partial charge in [-0.2, -0.15) is 0 Å². The van der Waals surface area contributed by atoms with E-state index in [1.807, 2.05) is 12.1 Å². The van der Waals surface area contributed by atoms with E-state index in [0.717, 1.165) is 42.8 Å². The van der Waals surface area contributed by atoms with Gasteiger partial charge in [0.2, 0.25) is 5.91 Å².